The van der Waals surface area contributed by atoms with Gasteiger partial charge in [-0.25, -0.2) is 0 Å². The van der Waals surface area contributed by atoms with E-state index in [4.69, 9.17) is 14.0 Å². The van der Waals surface area contributed by atoms with E-state index in [1.54, 1.807) is 6.07 Å². The molecule has 7 nitrogen and oxygen atoms in total. The minimum Gasteiger partial charge on any atom is -0.497 e. The van der Waals surface area contributed by atoms with Crippen LogP contribution in [-0.2, 0) is 9.31 Å². The molecule has 1 saturated heterocycles. The fourth-order valence-corrected chi connectivity index (χ4v) is 2.47. The van der Waals surface area contributed by atoms with Gasteiger partial charge >= 0.3 is 7.12 Å². The van der Waals surface area contributed by atoms with E-state index in [0.29, 0.717) is 23.4 Å². The molecule has 0 amide bonds. The molecule has 0 aliphatic carbocycles. The summed E-state index contributed by atoms with van der Waals surface area (Å²) >= 11 is 0. The van der Waals surface area contributed by atoms with Gasteiger partial charge in [0.2, 0.25) is 0 Å². The first-order valence-electron chi connectivity index (χ1n) is 8.08. The Morgan fingerprint density at radius 3 is 2.29 bits per heavy atom. The van der Waals surface area contributed by atoms with Gasteiger partial charge in [0, 0.05) is 24.1 Å². The van der Waals surface area contributed by atoms with E-state index in [1.807, 2.05) is 34.6 Å². The Hall–Kier alpha value is -1.80. The largest absolute Gasteiger partial charge is 0.498 e. The molecule has 132 valence electrons. The Labute approximate surface area is 143 Å². The number of nitrogens with one attached hydrogen (secondary N) is 1. The first-order chi connectivity index (χ1) is 11.1. The number of rotatable bonds is 6. The molecule has 1 N–H and O–H groups in total. The molecule has 8 heteroatoms. The topological polar surface area (TPSA) is 82.9 Å². The van der Waals surface area contributed by atoms with Crippen LogP contribution in [0.1, 0.15) is 41.0 Å². The molecule has 0 bridgehead atoms. The van der Waals surface area contributed by atoms with Crippen molar-refractivity contribution in [2.24, 2.45) is 0 Å². The molecule has 0 aromatic heterocycles. The lowest BCUT2D eigenvalue weighted by Crippen LogP contribution is -2.41. The second kappa shape index (κ2) is 6.60. The van der Waals surface area contributed by atoms with Crippen molar-refractivity contribution in [1.29, 1.82) is 0 Å². The molecule has 0 atom stereocenters. The number of nitro benzene ring substituents is 1. The zero-order chi connectivity index (χ0) is 18.1. The van der Waals surface area contributed by atoms with Crippen molar-refractivity contribution in [2.45, 2.75) is 52.2 Å². The summed E-state index contributed by atoms with van der Waals surface area (Å²) in [6, 6.07) is 3.10. The van der Waals surface area contributed by atoms with Gasteiger partial charge < -0.3 is 19.4 Å². The van der Waals surface area contributed by atoms with Crippen LogP contribution in [0.15, 0.2) is 12.1 Å². The molecule has 1 aromatic rings. The van der Waals surface area contributed by atoms with Crippen LogP contribution >= 0.6 is 0 Å². The van der Waals surface area contributed by atoms with Gasteiger partial charge in [-0.15, -0.1) is 0 Å². The van der Waals surface area contributed by atoms with Crippen LogP contribution in [0.2, 0.25) is 0 Å². The number of nitrogens with zero attached hydrogens (tertiary/aromatic N) is 1. The van der Waals surface area contributed by atoms with E-state index in [2.05, 4.69) is 5.32 Å². The van der Waals surface area contributed by atoms with Crippen molar-refractivity contribution in [3.05, 3.63) is 22.2 Å². The van der Waals surface area contributed by atoms with Crippen molar-refractivity contribution >= 4 is 24.0 Å². The Balaban J connectivity index is 2.47. The minimum absolute atomic E-state index is 0.0195. The third-order valence-electron chi connectivity index (χ3n) is 4.62. The molecule has 1 heterocycles. The predicted octanol–water partition coefficient (Wildman–Crippen LogP) is 2.72. The highest BCUT2D eigenvalue weighted by molar-refractivity contribution is 6.63. The SMILES string of the molecule is CCCNc1cc(OC)c(B2OC(C)(C)C(C)(C)O2)cc1[N+](=O)[O-]. The van der Waals surface area contributed by atoms with Crippen LogP contribution in [0.5, 0.6) is 5.75 Å². The zero-order valence-corrected chi connectivity index (χ0v) is 15.1. The van der Waals surface area contributed by atoms with E-state index in [1.165, 1.54) is 13.2 Å². The third-order valence-corrected chi connectivity index (χ3v) is 4.62. The highest BCUT2D eigenvalue weighted by Crippen LogP contribution is 2.38. The standard InChI is InChI=1S/C16H25BN2O5/c1-7-8-18-12-10-14(22-6)11(9-13(12)19(20)21)17-23-15(2,3)16(4,5)24-17/h9-10,18H,7-8H2,1-6H3. The summed E-state index contributed by atoms with van der Waals surface area (Å²) in [6.45, 7) is 10.4. The number of hydrogen-bond acceptors (Lipinski definition) is 6. The second-order valence-electron chi connectivity index (χ2n) is 6.88. The molecule has 0 spiro atoms. The summed E-state index contributed by atoms with van der Waals surface area (Å²) in [5, 5.41) is 14.5. The Morgan fingerprint density at radius 2 is 1.83 bits per heavy atom. The van der Waals surface area contributed by atoms with E-state index in [9.17, 15) is 10.1 Å². The van der Waals surface area contributed by atoms with E-state index >= 15 is 0 Å². The average Bonchev–Trinajstić information content (AvgIpc) is 2.72. The summed E-state index contributed by atoms with van der Waals surface area (Å²) in [6.07, 6.45) is 0.860. The maximum atomic E-state index is 11.4. The van der Waals surface area contributed by atoms with Crippen LogP contribution in [0.25, 0.3) is 0 Å². The highest BCUT2D eigenvalue weighted by Gasteiger charge is 2.52. The monoisotopic (exact) mass is 336 g/mol. The smallest absolute Gasteiger partial charge is 0.497 e. The fourth-order valence-electron chi connectivity index (χ4n) is 2.47. The molecule has 1 aromatic carbocycles. The van der Waals surface area contributed by atoms with E-state index < -0.39 is 23.2 Å². The van der Waals surface area contributed by atoms with Gasteiger partial charge in [-0.3, -0.25) is 10.1 Å². The molecule has 0 radical (unpaired) electrons. The number of anilines is 1. The maximum Gasteiger partial charge on any atom is 0.498 e. The number of benzene rings is 1. The van der Waals surface area contributed by atoms with Crippen molar-refractivity contribution in [2.75, 3.05) is 19.0 Å². The third kappa shape index (κ3) is 3.34. The average molecular weight is 336 g/mol. The van der Waals surface area contributed by atoms with Crippen LogP contribution in [0, 0.1) is 10.1 Å². The Kier molecular flexibility index (Phi) is 5.10. The minimum atomic E-state index is -0.719. The second-order valence-corrected chi connectivity index (χ2v) is 6.88. The lowest BCUT2D eigenvalue weighted by atomic mass is 9.78. The van der Waals surface area contributed by atoms with Gasteiger partial charge in [0.25, 0.3) is 5.69 Å². The highest BCUT2D eigenvalue weighted by atomic mass is 16.7. The number of methoxy groups -OCH3 is 1. The number of hydrogen-bond donors (Lipinski definition) is 1. The maximum absolute atomic E-state index is 11.4. The molecule has 24 heavy (non-hydrogen) atoms. The summed E-state index contributed by atoms with van der Waals surface area (Å²) in [4.78, 5) is 11.0. The molecular weight excluding hydrogens is 311 g/mol. The summed E-state index contributed by atoms with van der Waals surface area (Å²) < 4.78 is 17.4. The summed E-state index contributed by atoms with van der Waals surface area (Å²) in [7, 11) is 0.809. The van der Waals surface area contributed by atoms with Crippen LogP contribution in [0.4, 0.5) is 11.4 Å². The van der Waals surface area contributed by atoms with Crippen molar-refractivity contribution < 1.29 is 19.0 Å². The predicted molar refractivity (Wildman–Crippen MR) is 94.1 cm³/mol. The molecule has 1 fully saturated rings. The zero-order valence-electron chi connectivity index (χ0n) is 15.1. The van der Waals surface area contributed by atoms with Crippen molar-refractivity contribution in [3.8, 4) is 5.75 Å². The Morgan fingerprint density at radius 1 is 1.25 bits per heavy atom. The quantitative estimate of drug-likeness (QED) is 0.489. The van der Waals surface area contributed by atoms with Gasteiger partial charge in [0.15, 0.2) is 0 Å². The molecule has 2 rings (SSSR count). The van der Waals surface area contributed by atoms with Crippen molar-refractivity contribution in [1.82, 2.24) is 0 Å². The normalized spacial score (nSPS) is 18.5. The number of ether oxygens (including phenoxy) is 1. The molecule has 1 aliphatic rings. The van der Waals surface area contributed by atoms with Crippen LogP contribution < -0.4 is 15.5 Å². The first kappa shape index (κ1) is 18.5. The molecule has 0 unspecified atom stereocenters. The van der Waals surface area contributed by atoms with E-state index in [-0.39, 0.29) is 5.69 Å². The van der Waals surface area contributed by atoms with Gasteiger partial charge in [0.1, 0.15) is 11.4 Å². The van der Waals surface area contributed by atoms with E-state index in [0.717, 1.165) is 6.42 Å². The van der Waals surface area contributed by atoms with Gasteiger partial charge in [-0.1, -0.05) is 6.92 Å². The van der Waals surface area contributed by atoms with Crippen LogP contribution in [-0.4, -0.2) is 36.9 Å². The van der Waals surface area contributed by atoms with Gasteiger partial charge in [-0.2, -0.15) is 0 Å². The first-order valence-corrected chi connectivity index (χ1v) is 8.08. The van der Waals surface area contributed by atoms with Gasteiger partial charge in [-0.05, 0) is 34.1 Å². The lowest BCUT2D eigenvalue weighted by molar-refractivity contribution is -0.383. The molecule has 1 aliphatic heterocycles. The van der Waals surface area contributed by atoms with Crippen LogP contribution in [0.3, 0.4) is 0 Å². The molecular formula is C16H25BN2O5. The number of nitro groups is 1. The van der Waals surface area contributed by atoms with Gasteiger partial charge in [0.05, 0.1) is 23.2 Å². The molecule has 0 saturated carbocycles. The summed E-state index contributed by atoms with van der Waals surface area (Å²) in [5.41, 5.74) is -0.134. The lowest BCUT2D eigenvalue weighted by Gasteiger charge is -2.32. The van der Waals surface area contributed by atoms with Crippen molar-refractivity contribution in [3.63, 3.8) is 0 Å². The Bertz CT molecular complexity index is 617. The fraction of sp³-hybridized carbons (Fsp3) is 0.625. The summed E-state index contributed by atoms with van der Waals surface area (Å²) in [5.74, 6) is 0.498.